The van der Waals surface area contributed by atoms with Crippen LogP contribution in [0, 0.1) is 13.8 Å². The zero-order valence-corrected chi connectivity index (χ0v) is 14.2. The van der Waals surface area contributed by atoms with Crippen LogP contribution in [0.2, 0.25) is 10.0 Å². The minimum atomic E-state index is 0.465. The largest absolute Gasteiger partial charge is 0.324 e. The predicted octanol–water partition coefficient (Wildman–Crippen LogP) is 5.27. The van der Waals surface area contributed by atoms with Crippen molar-refractivity contribution >= 4 is 46.2 Å². The topological polar surface area (TPSA) is 50.7 Å². The summed E-state index contributed by atoms with van der Waals surface area (Å²) >= 11 is 13.8. The molecule has 0 fully saturated rings. The zero-order valence-electron chi connectivity index (χ0n) is 11.9. The van der Waals surface area contributed by atoms with Crippen molar-refractivity contribution in [3.8, 4) is 10.6 Å². The highest BCUT2D eigenvalue weighted by Crippen LogP contribution is 2.33. The van der Waals surface area contributed by atoms with E-state index in [1.807, 2.05) is 32.0 Å². The summed E-state index contributed by atoms with van der Waals surface area (Å²) in [6.07, 6.45) is 1.59. The molecule has 0 aliphatic rings. The van der Waals surface area contributed by atoms with E-state index in [0.29, 0.717) is 21.7 Å². The quantitative estimate of drug-likeness (QED) is 0.699. The van der Waals surface area contributed by atoms with Crippen LogP contribution in [0.4, 0.5) is 11.6 Å². The number of benzene rings is 1. The van der Waals surface area contributed by atoms with Gasteiger partial charge in [0, 0.05) is 10.7 Å². The highest BCUT2D eigenvalue weighted by atomic mass is 35.5. The number of aryl methyl sites for hydroxylation is 2. The number of thiazole rings is 1. The summed E-state index contributed by atoms with van der Waals surface area (Å²) in [5, 5.41) is 5.26. The average molecular weight is 351 g/mol. The molecule has 3 aromatic rings. The van der Waals surface area contributed by atoms with Gasteiger partial charge in [0.15, 0.2) is 0 Å². The van der Waals surface area contributed by atoms with Gasteiger partial charge in [-0.15, -0.1) is 11.3 Å². The Morgan fingerprint density at radius 1 is 1.14 bits per heavy atom. The molecule has 2 heterocycles. The first-order valence-corrected chi connectivity index (χ1v) is 8.09. The summed E-state index contributed by atoms with van der Waals surface area (Å²) in [5.41, 5.74) is 2.42. The second kappa shape index (κ2) is 6.20. The van der Waals surface area contributed by atoms with E-state index >= 15 is 0 Å². The van der Waals surface area contributed by atoms with E-state index in [1.54, 1.807) is 23.6 Å². The number of nitrogens with zero attached hydrogens (tertiary/aromatic N) is 3. The van der Waals surface area contributed by atoms with Crippen LogP contribution in [0.1, 0.15) is 10.7 Å². The van der Waals surface area contributed by atoms with Crippen LogP contribution in [-0.2, 0) is 0 Å². The fourth-order valence-corrected chi connectivity index (χ4v) is 3.39. The molecule has 1 N–H and O–H groups in total. The summed E-state index contributed by atoms with van der Waals surface area (Å²) in [6.45, 7) is 3.91. The molecule has 1 aromatic carbocycles. The fraction of sp³-hybridized carbons (Fsp3) is 0.133. The Kier molecular flexibility index (Phi) is 4.29. The van der Waals surface area contributed by atoms with Gasteiger partial charge in [0.1, 0.15) is 5.69 Å². The maximum absolute atomic E-state index is 6.25. The zero-order chi connectivity index (χ0) is 15.7. The number of rotatable bonds is 3. The predicted molar refractivity (Wildman–Crippen MR) is 92.4 cm³/mol. The van der Waals surface area contributed by atoms with E-state index in [2.05, 4.69) is 20.3 Å². The number of nitrogens with one attached hydrogen (secondary N) is 1. The van der Waals surface area contributed by atoms with E-state index in [9.17, 15) is 0 Å². The molecule has 0 bridgehead atoms. The van der Waals surface area contributed by atoms with Crippen LogP contribution in [-0.4, -0.2) is 15.0 Å². The normalized spacial score (nSPS) is 10.7. The van der Waals surface area contributed by atoms with Gasteiger partial charge in [-0.25, -0.2) is 15.0 Å². The van der Waals surface area contributed by atoms with Crippen molar-refractivity contribution in [2.24, 2.45) is 0 Å². The molecule has 2 aromatic heterocycles. The lowest BCUT2D eigenvalue weighted by atomic mass is 10.3. The van der Waals surface area contributed by atoms with Crippen LogP contribution >= 0.6 is 34.5 Å². The first-order chi connectivity index (χ1) is 10.5. The van der Waals surface area contributed by atoms with Gasteiger partial charge in [0.05, 0.1) is 26.8 Å². The van der Waals surface area contributed by atoms with Gasteiger partial charge in [0.2, 0.25) is 5.95 Å². The second-order valence-electron chi connectivity index (χ2n) is 4.67. The molecule has 0 unspecified atom stereocenters. The maximum Gasteiger partial charge on any atom is 0.227 e. The molecule has 7 heteroatoms. The monoisotopic (exact) mass is 350 g/mol. The smallest absolute Gasteiger partial charge is 0.227 e. The van der Waals surface area contributed by atoms with Gasteiger partial charge in [-0.3, -0.25) is 0 Å². The Morgan fingerprint density at radius 3 is 2.64 bits per heavy atom. The van der Waals surface area contributed by atoms with Gasteiger partial charge in [-0.05, 0) is 32.0 Å². The lowest BCUT2D eigenvalue weighted by Gasteiger charge is -2.07. The number of hydrogen-bond acceptors (Lipinski definition) is 5. The summed E-state index contributed by atoms with van der Waals surface area (Å²) in [6, 6.07) is 7.37. The first kappa shape index (κ1) is 15.2. The minimum absolute atomic E-state index is 0.465. The molecule has 0 amide bonds. The Balaban J connectivity index is 1.98. The van der Waals surface area contributed by atoms with Crippen LogP contribution < -0.4 is 5.32 Å². The Labute approximate surface area is 142 Å². The fourth-order valence-electron chi connectivity index (χ4n) is 2.03. The Bertz CT molecular complexity index is 832. The lowest BCUT2D eigenvalue weighted by molar-refractivity contribution is 1.16. The van der Waals surface area contributed by atoms with Gasteiger partial charge in [0.25, 0.3) is 0 Å². The molecule has 22 heavy (non-hydrogen) atoms. The summed E-state index contributed by atoms with van der Waals surface area (Å²) in [7, 11) is 0. The first-order valence-electron chi connectivity index (χ1n) is 6.52. The van der Waals surface area contributed by atoms with Crippen molar-refractivity contribution in [1.29, 1.82) is 0 Å². The van der Waals surface area contributed by atoms with Crippen molar-refractivity contribution in [3.05, 3.63) is 51.2 Å². The molecule has 3 rings (SSSR count). The van der Waals surface area contributed by atoms with E-state index in [0.717, 1.165) is 21.3 Å². The van der Waals surface area contributed by atoms with Crippen molar-refractivity contribution < 1.29 is 0 Å². The number of halogens is 2. The molecule has 0 aliphatic carbocycles. The molecule has 0 spiro atoms. The third-order valence-corrected chi connectivity index (χ3v) is 4.53. The average Bonchev–Trinajstić information content (AvgIpc) is 2.80. The van der Waals surface area contributed by atoms with Crippen molar-refractivity contribution in [1.82, 2.24) is 15.0 Å². The van der Waals surface area contributed by atoms with E-state index in [4.69, 9.17) is 23.2 Å². The number of hydrogen-bond donors (Lipinski definition) is 1. The Hall–Kier alpha value is -1.69. The summed E-state index contributed by atoms with van der Waals surface area (Å²) in [4.78, 5) is 14.1. The van der Waals surface area contributed by atoms with Gasteiger partial charge in [-0.2, -0.15) is 0 Å². The molecule has 4 nitrogen and oxygen atoms in total. The highest BCUT2D eigenvalue weighted by Gasteiger charge is 2.14. The lowest BCUT2D eigenvalue weighted by Crippen LogP contribution is -1.98. The molecule has 0 aliphatic heterocycles. The maximum atomic E-state index is 6.25. The molecular weight excluding hydrogens is 339 g/mol. The van der Waals surface area contributed by atoms with E-state index in [1.165, 1.54) is 0 Å². The van der Waals surface area contributed by atoms with Gasteiger partial charge >= 0.3 is 0 Å². The molecule has 0 atom stereocenters. The third kappa shape index (κ3) is 3.21. The van der Waals surface area contributed by atoms with Crippen LogP contribution in [0.25, 0.3) is 10.6 Å². The van der Waals surface area contributed by atoms with E-state index < -0.39 is 0 Å². The van der Waals surface area contributed by atoms with Crippen LogP contribution in [0.5, 0.6) is 0 Å². The number of aromatic nitrogens is 3. The second-order valence-corrected chi connectivity index (χ2v) is 6.72. The third-order valence-electron chi connectivity index (χ3n) is 2.94. The number of anilines is 2. The molecule has 112 valence electrons. The molecule has 0 saturated carbocycles. The minimum Gasteiger partial charge on any atom is -0.324 e. The van der Waals surface area contributed by atoms with Crippen LogP contribution in [0.3, 0.4) is 0 Å². The van der Waals surface area contributed by atoms with Gasteiger partial charge in [-0.1, -0.05) is 29.3 Å². The summed E-state index contributed by atoms with van der Waals surface area (Å²) < 4.78 is 0. The summed E-state index contributed by atoms with van der Waals surface area (Å²) in [5.74, 6) is 0.465. The SMILES string of the molecule is Cc1nc(C)c(-c2nc(Nc3cccc(Cl)c3)ncc2Cl)s1. The van der Waals surface area contributed by atoms with Crippen LogP contribution in [0.15, 0.2) is 30.5 Å². The van der Waals surface area contributed by atoms with Crippen molar-refractivity contribution in [2.45, 2.75) is 13.8 Å². The van der Waals surface area contributed by atoms with Gasteiger partial charge < -0.3 is 5.32 Å². The molecule has 0 radical (unpaired) electrons. The van der Waals surface area contributed by atoms with Crippen molar-refractivity contribution in [3.63, 3.8) is 0 Å². The van der Waals surface area contributed by atoms with E-state index in [-0.39, 0.29) is 0 Å². The van der Waals surface area contributed by atoms with Crippen molar-refractivity contribution in [2.75, 3.05) is 5.32 Å². The highest BCUT2D eigenvalue weighted by molar-refractivity contribution is 7.15. The standard InChI is InChI=1S/C15H12Cl2N4S/c1-8-14(22-9(2)19-8)13-12(17)7-18-15(21-13)20-11-5-3-4-10(16)6-11/h3-7H,1-2H3,(H,18,20,21). The Morgan fingerprint density at radius 2 is 1.95 bits per heavy atom. The molecule has 0 saturated heterocycles. The molecular formula is C15H12Cl2N4S.